The maximum absolute atomic E-state index is 12.3. The van der Waals surface area contributed by atoms with Crippen LogP contribution in [0.15, 0.2) is 24.3 Å². The van der Waals surface area contributed by atoms with Crippen molar-refractivity contribution in [2.24, 2.45) is 0 Å². The molecule has 0 saturated carbocycles. The van der Waals surface area contributed by atoms with Crippen LogP contribution in [0.4, 0.5) is 0 Å². The van der Waals surface area contributed by atoms with E-state index < -0.39 is 24.6 Å². The van der Waals surface area contributed by atoms with Crippen molar-refractivity contribution < 1.29 is 19.5 Å². The Morgan fingerprint density at radius 1 is 1.20 bits per heavy atom. The first-order valence-electron chi connectivity index (χ1n) is 6.47. The summed E-state index contributed by atoms with van der Waals surface area (Å²) in [5, 5.41) is 9.11. The molecule has 2 aliphatic heterocycles. The Labute approximate surface area is 115 Å². The summed E-state index contributed by atoms with van der Waals surface area (Å²) >= 11 is 0. The van der Waals surface area contributed by atoms with Gasteiger partial charge in [-0.25, -0.2) is 0 Å². The number of aliphatic hydroxyl groups excluding tert-OH is 1. The van der Waals surface area contributed by atoms with Crippen LogP contribution in [0.2, 0.25) is 0 Å². The SMILES string of the molecule is O=C1CCC(N2Cc3ccccc3C2=O)C(=O)N1CO. The topological polar surface area (TPSA) is 77.9 Å². The molecule has 20 heavy (non-hydrogen) atoms. The van der Waals surface area contributed by atoms with Crippen LogP contribution in [0.1, 0.15) is 28.8 Å². The number of piperidine rings is 1. The molecule has 0 aromatic heterocycles. The van der Waals surface area contributed by atoms with Gasteiger partial charge in [0.2, 0.25) is 5.91 Å². The summed E-state index contributed by atoms with van der Waals surface area (Å²) in [6.07, 6.45) is 0.477. The molecule has 2 aliphatic rings. The van der Waals surface area contributed by atoms with E-state index in [4.69, 9.17) is 5.11 Å². The number of fused-ring (bicyclic) bond motifs is 1. The van der Waals surface area contributed by atoms with Crippen molar-refractivity contribution in [3.05, 3.63) is 35.4 Å². The minimum absolute atomic E-state index is 0.164. The maximum atomic E-state index is 12.3. The minimum atomic E-state index is -0.667. The van der Waals surface area contributed by atoms with Gasteiger partial charge in [-0.3, -0.25) is 19.3 Å². The lowest BCUT2D eigenvalue weighted by Gasteiger charge is -2.34. The van der Waals surface area contributed by atoms with Gasteiger partial charge in [0.1, 0.15) is 12.8 Å². The quantitative estimate of drug-likeness (QED) is 0.776. The van der Waals surface area contributed by atoms with Crippen molar-refractivity contribution in [1.82, 2.24) is 9.80 Å². The van der Waals surface area contributed by atoms with E-state index in [0.717, 1.165) is 10.5 Å². The summed E-state index contributed by atoms with van der Waals surface area (Å²) in [4.78, 5) is 38.4. The van der Waals surface area contributed by atoms with Crippen molar-refractivity contribution in [3.8, 4) is 0 Å². The summed E-state index contributed by atoms with van der Waals surface area (Å²) in [6.45, 7) is -0.262. The number of aliphatic hydroxyl groups is 1. The van der Waals surface area contributed by atoms with Crippen LogP contribution in [0.25, 0.3) is 0 Å². The van der Waals surface area contributed by atoms with Crippen LogP contribution < -0.4 is 0 Å². The smallest absolute Gasteiger partial charge is 0.255 e. The molecular formula is C14H14N2O4. The average molecular weight is 274 g/mol. The average Bonchev–Trinajstić information content (AvgIpc) is 2.77. The fraction of sp³-hybridized carbons (Fsp3) is 0.357. The number of hydrogen-bond acceptors (Lipinski definition) is 4. The molecule has 1 aromatic carbocycles. The Bertz CT molecular complexity index is 599. The van der Waals surface area contributed by atoms with Gasteiger partial charge in [-0.05, 0) is 18.1 Å². The van der Waals surface area contributed by atoms with E-state index in [0.29, 0.717) is 18.5 Å². The highest BCUT2D eigenvalue weighted by atomic mass is 16.3. The highest BCUT2D eigenvalue weighted by molar-refractivity contribution is 6.05. The van der Waals surface area contributed by atoms with Crippen molar-refractivity contribution in [1.29, 1.82) is 0 Å². The first kappa shape index (κ1) is 12.8. The summed E-state index contributed by atoms with van der Waals surface area (Å²) in [6, 6.07) is 6.56. The highest BCUT2D eigenvalue weighted by Gasteiger charge is 2.42. The molecule has 0 bridgehead atoms. The molecule has 0 spiro atoms. The number of imide groups is 1. The normalized spacial score (nSPS) is 22.4. The molecule has 3 rings (SSSR count). The summed E-state index contributed by atoms with van der Waals surface area (Å²) < 4.78 is 0. The van der Waals surface area contributed by atoms with Crippen LogP contribution in [-0.2, 0) is 16.1 Å². The van der Waals surface area contributed by atoms with E-state index in [1.165, 1.54) is 4.90 Å². The third-order valence-corrected chi connectivity index (χ3v) is 3.85. The Hall–Kier alpha value is -2.21. The van der Waals surface area contributed by atoms with Crippen LogP contribution in [0.3, 0.4) is 0 Å². The van der Waals surface area contributed by atoms with Crippen LogP contribution >= 0.6 is 0 Å². The van der Waals surface area contributed by atoms with Crippen LogP contribution in [0.5, 0.6) is 0 Å². The summed E-state index contributed by atoms with van der Waals surface area (Å²) in [7, 11) is 0. The third kappa shape index (κ3) is 1.80. The number of carbonyl (C=O) groups is 3. The Morgan fingerprint density at radius 2 is 1.95 bits per heavy atom. The van der Waals surface area contributed by atoms with Gasteiger partial charge in [0.05, 0.1) is 0 Å². The first-order valence-corrected chi connectivity index (χ1v) is 6.47. The second kappa shape index (κ2) is 4.72. The molecule has 6 heteroatoms. The molecular weight excluding hydrogens is 260 g/mol. The van der Waals surface area contributed by atoms with Crippen molar-refractivity contribution in [2.45, 2.75) is 25.4 Å². The van der Waals surface area contributed by atoms with Crippen LogP contribution in [-0.4, -0.2) is 45.4 Å². The lowest BCUT2D eigenvalue weighted by atomic mass is 10.0. The van der Waals surface area contributed by atoms with Gasteiger partial charge >= 0.3 is 0 Å². The molecule has 1 fully saturated rings. The molecule has 1 atom stereocenters. The van der Waals surface area contributed by atoms with E-state index in [-0.39, 0.29) is 12.3 Å². The Morgan fingerprint density at radius 3 is 2.65 bits per heavy atom. The van der Waals surface area contributed by atoms with Gasteiger partial charge in [-0.1, -0.05) is 18.2 Å². The van der Waals surface area contributed by atoms with Crippen molar-refractivity contribution in [3.63, 3.8) is 0 Å². The molecule has 1 saturated heterocycles. The fourth-order valence-electron chi connectivity index (χ4n) is 2.79. The monoisotopic (exact) mass is 274 g/mol. The summed E-state index contributed by atoms with van der Waals surface area (Å²) in [5.74, 6) is -1.07. The van der Waals surface area contributed by atoms with Gasteiger partial charge in [0.15, 0.2) is 0 Å². The predicted octanol–water partition coefficient (Wildman–Crippen LogP) is 0.110. The standard InChI is InChI=1S/C14H14N2O4/c17-8-16-12(18)6-5-11(14(16)20)15-7-9-3-1-2-4-10(9)13(15)19/h1-4,11,17H,5-8H2. The second-order valence-corrected chi connectivity index (χ2v) is 4.95. The van der Waals surface area contributed by atoms with E-state index >= 15 is 0 Å². The molecule has 3 amide bonds. The number of amides is 3. The van der Waals surface area contributed by atoms with Crippen LogP contribution in [0, 0.1) is 0 Å². The van der Waals surface area contributed by atoms with E-state index in [2.05, 4.69) is 0 Å². The predicted molar refractivity (Wildman–Crippen MR) is 68.3 cm³/mol. The second-order valence-electron chi connectivity index (χ2n) is 4.95. The Balaban J connectivity index is 1.87. The van der Waals surface area contributed by atoms with Crippen molar-refractivity contribution >= 4 is 17.7 Å². The van der Waals surface area contributed by atoms with E-state index in [9.17, 15) is 14.4 Å². The molecule has 1 N–H and O–H groups in total. The van der Waals surface area contributed by atoms with Gasteiger partial charge < -0.3 is 10.0 Å². The zero-order chi connectivity index (χ0) is 14.3. The Kier molecular flexibility index (Phi) is 3.02. The molecule has 104 valence electrons. The van der Waals surface area contributed by atoms with Gasteiger partial charge in [-0.2, -0.15) is 0 Å². The first-order chi connectivity index (χ1) is 9.63. The van der Waals surface area contributed by atoms with Crippen molar-refractivity contribution in [2.75, 3.05) is 6.73 Å². The number of benzene rings is 1. The zero-order valence-electron chi connectivity index (χ0n) is 10.8. The number of nitrogens with zero attached hydrogens (tertiary/aromatic N) is 2. The van der Waals surface area contributed by atoms with E-state index in [1.807, 2.05) is 12.1 Å². The number of rotatable bonds is 2. The number of carbonyl (C=O) groups excluding carboxylic acids is 3. The molecule has 0 aliphatic carbocycles. The molecule has 0 radical (unpaired) electrons. The largest absolute Gasteiger partial charge is 0.376 e. The van der Waals surface area contributed by atoms with Gasteiger partial charge in [-0.15, -0.1) is 0 Å². The molecule has 1 unspecified atom stereocenters. The molecule has 2 heterocycles. The lowest BCUT2D eigenvalue weighted by Crippen LogP contribution is -2.54. The third-order valence-electron chi connectivity index (χ3n) is 3.85. The zero-order valence-corrected chi connectivity index (χ0v) is 10.8. The maximum Gasteiger partial charge on any atom is 0.255 e. The fourth-order valence-corrected chi connectivity index (χ4v) is 2.79. The number of hydrogen-bond donors (Lipinski definition) is 1. The van der Waals surface area contributed by atoms with E-state index in [1.54, 1.807) is 12.1 Å². The molecule has 6 nitrogen and oxygen atoms in total. The number of likely N-dealkylation sites (tertiary alicyclic amines) is 1. The van der Waals surface area contributed by atoms with Gasteiger partial charge in [0, 0.05) is 18.5 Å². The lowest BCUT2D eigenvalue weighted by molar-refractivity contribution is -0.156. The minimum Gasteiger partial charge on any atom is -0.376 e. The molecule has 1 aromatic rings. The summed E-state index contributed by atoms with van der Waals surface area (Å²) in [5.41, 5.74) is 1.49. The highest BCUT2D eigenvalue weighted by Crippen LogP contribution is 2.28. The van der Waals surface area contributed by atoms with Gasteiger partial charge in [0.25, 0.3) is 11.8 Å².